The van der Waals surface area contributed by atoms with Crippen molar-refractivity contribution in [1.82, 2.24) is 4.98 Å². The van der Waals surface area contributed by atoms with Crippen LogP contribution in [0.4, 0.5) is 5.69 Å². The third-order valence-electron chi connectivity index (χ3n) is 1.12. The van der Waals surface area contributed by atoms with E-state index in [0.29, 0.717) is 0 Å². The second kappa shape index (κ2) is 2.35. The van der Waals surface area contributed by atoms with Gasteiger partial charge in [-0.1, -0.05) is 0 Å². The Hall–Kier alpha value is -1.25. The van der Waals surface area contributed by atoms with Gasteiger partial charge in [0.1, 0.15) is 0 Å². The number of rotatable bonds is 1. The van der Waals surface area contributed by atoms with E-state index in [1.807, 2.05) is 13.0 Å². The molecule has 1 aromatic rings. The average Bonchev–Trinajstić information content (AvgIpc) is 1.89. The molecule has 46 valence electrons. The fourth-order valence-electron chi connectivity index (χ4n) is 0.612. The highest BCUT2D eigenvalue weighted by Crippen LogP contribution is 2.11. The lowest BCUT2D eigenvalue weighted by atomic mass is 10.3. The normalized spacial score (nSPS) is 9.00. The quantitative estimate of drug-likeness (QED) is 0.533. The van der Waals surface area contributed by atoms with Gasteiger partial charge >= 0.3 is 0 Å². The van der Waals surface area contributed by atoms with E-state index >= 15 is 0 Å². The smallest absolute Gasteiger partial charge is 0.151 e. The van der Waals surface area contributed by atoms with E-state index in [9.17, 15) is 0 Å². The second-order valence-electron chi connectivity index (χ2n) is 1.74. The van der Waals surface area contributed by atoms with Crippen LogP contribution < -0.4 is 5.53 Å². The van der Waals surface area contributed by atoms with Crippen molar-refractivity contribution in [3.8, 4) is 0 Å². The highest BCUT2D eigenvalue weighted by atomic mass is 15.0. The van der Waals surface area contributed by atoms with Crippen LogP contribution in [-0.2, 0) is 0 Å². The van der Waals surface area contributed by atoms with Crippen molar-refractivity contribution in [2.45, 2.75) is 6.92 Å². The minimum atomic E-state index is 0.748. The zero-order valence-corrected chi connectivity index (χ0v) is 5.20. The zero-order chi connectivity index (χ0) is 6.69. The molecule has 0 aliphatic rings. The lowest BCUT2D eigenvalue weighted by Crippen LogP contribution is -2.22. The molecule has 0 saturated heterocycles. The molecule has 2 N–H and O–H groups in total. The number of hydrogen-bond acceptors (Lipinski definition) is 2. The summed E-state index contributed by atoms with van der Waals surface area (Å²) in [6.45, 7) is 1.87. The van der Waals surface area contributed by atoms with Gasteiger partial charge in [0.25, 0.3) is 0 Å². The fourth-order valence-corrected chi connectivity index (χ4v) is 0.612. The number of pyridine rings is 1. The van der Waals surface area contributed by atoms with Crippen LogP contribution in [0.3, 0.4) is 0 Å². The van der Waals surface area contributed by atoms with Crippen molar-refractivity contribution in [2.75, 3.05) is 0 Å². The Morgan fingerprint density at radius 3 is 2.89 bits per heavy atom. The highest BCUT2D eigenvalue weighted by Gasteiger charge is 1.94. The summed E-state index contributed by atoms with van der Waals surface area (Å²) in [4.78, 5) is 3.98. The molecular weight excluding hydrogens is 114 g/mol. The molecule has 0 atom stereocenters. The Bertz CT molecular complexity index is 219. The lowest BCUT2D eigenvalue weighted by Gasteiger charge is -1.89. The first-order chi connectivity index (χ1) is 4.34. The van der Waals surface area contributed by atoms with Gasteiger partial charge in [-0.05, 0) is 24.2 Å². The van der Waals surface area contributed by atoms with Gasteiger partial charge in [-0.15, -0.1) is 0 Å². The zero-order valence-electron chi connectivity index (χ0n) is 5.20. The molecule has 0 aliphatic carbocycles. The summed E-state index contributed by atoms with van der Waals surface area (Å²) in [5, 5.41) is 3.51. The van der Waals surface area contributed by atoms with Gasteiger partial charge in [0.15, 0.2) is 5.69 Å². The first-order valence-electron chi connectivity index (χ1n) is 2.67. The SMILES string of the molecule is Cc1ncccc1N=[NH2+]. The fraction of sp³-hybridized carbons (Fsp3) is 0.167. The first kappa shape index (κ1) is 5.88. The van der Waals surface area contributed by atoms with E-state index in [2.05, 4.69) is 10.1 Å². The van der Waals surface area contributed by atoms with E-state index in [1.54, 1.807) is 12.3 Å². The first-order valence-corrected chi connectivity index (χ1v) is 2.67. The van der Waals surface area contributed by atoms with Gasteiger partial charge in [0.05, 0.1) is 5.69 Å². The molecular formula is C6H8N3+. The summed E-state index contributed by atoms with van der Waals surface area (Å²) in [5.74, 6) is 0. The summed E-state index contributed by atoms with van der Waals surface area (Å²) in [5.41, 5.74) is 6.64. The van der Waals surface area contributed by atoms with Gasteiger partial charge in [-0.3, -0.25) is 4.98 Å². The van der Waals surface area contributed by atoms with Crippen LogP contribution in [0.5, 0.6) is 0 Å². The molecule has 1 aromatic heterocycles. The minimum Gasteiger partial charge on any atom is -0.259 e. The van der Waals surface area contributed by atoms with E-state index < -0.39 is 0 Å². The molecule has 0 spiro atoms. The molecule has 0 aliphatic heterocycles. The van der Waals surface area contributed by atoms with E-state index in [-0.39, 0.29) is 0 Å². The standard InChI is InChI=1S/C6H7N3/c1-5-6(9-7)3-2-4-8-5/h2-4,7H,1H3/p+1. The van der Waals surface area contributed by atoms with Crippen molar-refractivity contribution in [3.05, 3.63) is 24.0 Å². The molecule has 0 amide bonds. The maximum atomic E-state index is 5.04. The molecule has 0 bridgehead atoms. The summed E-state index contributed by atoms with van der Waals surface area (Å²) < 4.78 is 0. The average molecular weight is 122 g/mol. The van der Waals surface area contributed by atoms with Crippen LogP contribution in [-0.4, -0.2) is 4.98 Å². The second-order valence-corrected chi connectivity index (χ2v) is 1.74. The van der Waals surface area contributed by atoms with Crippen molar-refractivity contribution >= 4 is 5.69 Å². The van der Waals surface area contributed by atoms with Gasteiger partial charge in [-0.2, -0.15) is 5.53 Å². The molecule has 9 heavy (non-hydrogen) atoms. The Labute approximate surface area is 53.3 Å². The predicted octanol–water partition coefficient (Wildman–Crippen LogP) is 0.233. The minimum absolute atomic E-state index is 0.748. The van der Waals surface area contributed by atoms with Crippen LogP contribution in [0, 0.1) is 6.92 Å². The summed E-state index contributed by atoms with van der Waals surface area (Å²) >= 11 is 0. The highest BCUT2D eigenvalue weighted by molar-refractivity contribution is 5.38. The summed E-state index contributed by atoms with van der Waals surface area (Å²) in [6, 6.07) is 3.63. The van der Waals surface area contributed by atoms with Crippen LogP contribution in [0.15, 0.2) is 23.4 Å². The van der Waals surface area contributed by atoms with Crippen molar-refractivity contribution < 1.29 is 5.53 Å². The van der Waals surface area contributed by atoms with Crippen LogP contribution in [0.2, 0.25) is 0 Å². The topological polar surface area (TPSA) is 50.8 Å². The number of aryl methyl sites for hydroxylation is 1. The Morgan fingerprint density at radius 1 is 1.67 bits per heavy atom. The number of nitrogens with two attached hydrogens (primary N) is 1. The third-order valence-corrected chi connectivity index (χ3v) is 1.12. The molecule has 0 saturated carbocycles. The van der Waals surface area contributed by atoms with E-state index in [0.717, 1.165) is 11.4 Å². The predicted molar refractivity (Wildman–Crippen MR) is 33.0 cm³/mol. The molecule has 0 fully saturated rings. The molecule has 0 aromatic carbocycles. The Kier molecular flexibility index (Phi) is 1.53. The number of hydrogen-bond donors (Lipinski definition) is 1. The molecule has 3 nitrogen and oxygen atoms in total. The van der Waals surface area contributed by atoms with Crippen LogP contribution >= 0.6 is 0 Å². The van der Waals surface area contributed by atoms with Gasteiger partial charge in [0, 0.05) is 6.20 Å². The monoisotopic (exact) mass is 122 g/mol. The summed E-state index contributed by atoms with van der Waals surface area (Å²) in [7, 11) is 0. The van der Waals surface area contributed by atoms with E-state index in [4.69, 9.17) is 5.53 Å². The molecule has 0 unspecified atom stereocenters. The lowest BCUT2D eigenvalue weighted by molar-refractivity contribution is -0.210. The summed E-state index contributed by atoms with van der Waals surface area (Å²) in [6.07, 6.45) is 1.71. The molecule has 1 heterocycles. The van der Waals surface area contributed by atoms with Crippen LogP contribution in [0.25, 0.3) is 0 Å². The molecule has 0 radical (unpaired) electrons. The van der Waals surface area contributed by atoms with Gasteiger partial charge < -0.3 is 0 Å². The van der Waals surface area contributed by atoms with Crippen LogP contribution in [0.1, 0.15) is 5.69 Å². The number of nitrogens with zero attached hydrogens (tertiary/aromatic N) is 2. The maximum absolute atomic E-state index is 5.04. The van der Waals surface area contributed by atoms with Crippen molar-refractivity contribution in [3.63, 3.8) is 0 Å². The third kappa shape index (κ3) is 1.10. The number of aromatic nitrogens is 1. The molecule has 3 heteroatoms. The largest absolute Gasteiger partial charge is 0.259 e. The maximum Gasteiger partial charge on any atom is 0.151 e. The van der Waals surface area contributed by atoms with Crippen molar-refractivity contribution in [2.24, 2.45) is 5.11 Å². The van der Waals surface area contributed by atoms with Gasteiger partial charge in [0.2, 0.25) is 0 Å². The van der Waals surface area contributed by atoms with Crippen molar-refractivity contribution in [1.29, 1.82) is 0 Å². The Balaban J connectivity index is 3.15. The Morgan fingerprint density at radius 2 is 2.44 bits per heavy atom. The van der Waals surface area contributed by atoms with Gasteiger partial charge in [-0.25, -0.2) is 0 Å². The molecule has 1 rings (SSSR count). The van der Waals surface area contributed by atoms with E-state index in [1.165, 1.54) is 0 Å².